The van der Waals surface area contributed by atoms with Crippen molar-refractivity contribution in [2.24, 2.45) is 5.41 Å². The molecule has 1 amide bonds. The Morgan fingerprint density at radius 2 is 2.06 bits per heavy atom. The molecule has 0 aromatic heterocycles. The number of rotatable bonds is 3. The third kappa shape index (κ3) is 4.07. The second kappa shape index (κ2) is 5.19. The van der Waals surface area contributed by atoms with Gasteiger partial charge in [-0.05, 0) is 23.6 Å². The molecule has 4 heteroatoms. The number of aliphatic hydroxyl groups excluding tert-OH is 1. The van der Waals surface area contributed by atoms with Gasteiger partial charge in [-0.1, -0.05) is 26.8 Å². The summed E-state index contributed by atoms with van der Waals surface area (Å²) in [7, 11) is 0. The summed E-state index contributed by atoms with van der Waals surface area (Å²) in [4.78, 5) is 11.7. The zero-order chi connectivity index (χ0) is 13.1. The smallest absolute Gasteiger partial charge is 0.251 e. The molecule has 1 rings (SSSR count). The minimum Gasteiger partial charge on any atom is -0.508 e. The van der Waals surface area contributed by atoms with Crippen molar-refractivity contribution in [3.63, 3.8) is 0 Å². The summed E-state index contributed by atoms with van der Waals surface area (Å²) in [5.41, 5.74) is 0.109. The SMILES string of the molecule is CC(C)(C)C(O)CNC(=O)c1cccc(O)c1. The fourth-order valence-corrected chi connectivity index (χ4v) is 1.24. The van der Waals surface area contributed by atoms with Gasteiger partial charge >= 0.3 is 0 Å². The molecular weight excluding hydrogens is 218 g/mol. The van der Waals surface area contributed by atoms with Crippen molar-refractivity contribution in [2.75, 3.05) is 6.54 Å². The maximum atomic E-state index is 11.7. The molecule has 0 saturated heterocycles. The minimum atomic E-state index is -0.608. The monoisotopic (exact) mass is 237 g/mol. The predicted octanol–water partition coefficient (Wildman–Crippen LogP) is 1.53. The van der Waals surface area contributed by atoms with Gasteiger partial charge in [0.2, 0.25) is 0 Å². The Balaban J connectivity index is 2.57. The molecule has 1 aromatic rings. The van der Waals surface area contributed by atoms with Gasteiger partial charge in [-0.3, -0.25) is 4.79 Å². The zero-order valence-corrected chi connectivity index (χ0v) is 10.4. The lowest BCUT2D eigenvalue weighted by Gasteiger charge is -2.25. The molecule has 0 heterocycles. The van der Waals surface area contributed by atoms with E-state index in [2.05, 4.69) is 5.32 Å². The third-order valence-corrected chi connectivity index (χ3v) is 2.56. The summed E-state index contributed by atoms with van der Waals surface area (Å²) in [5, 5.41) is 21.6. The first-order chi connectivity index (χ1) is 7.80. The normalized spacial score (nSPS) is 13.2. The van der Waals surface area contributed by atoms with Gasteiger partial charge in [0, 0.05) is 12.1 Å². The maximum absolute atomic E-state index is 11.7. The average molecular weight is 237 g/mol. The fourth-order valence-electron chi connectivity index (χ4n) is 1.24. The Morgan fingerprint density at radius 3 is 2.59 bits per heavy atom. The topological polar surface area (TPSA) is 69.6 Å². The first kappa shape index (κ1) is 13.5. The molecule has 0 radical (unpaired) electrons. The highest BCUT2D eigenvalue weighted by molar-refractivity contribution is 5.94. The van der Waals surface area contributed by atoms with Crippen molar-refractivity contribution in [2.45, 2.75) is 26.9 Å². The van der Waals surface area contributed by atoms with Crippen molar-refractivity contribution in [3.05, 3.63) is 29.8 Å². The Bertz CT molecular complexity index is 396. The van der Waals surface area contributed by atoms with Crippen LogP contribution in [0.1, 0.15) is 31.1 Å². The summed E-state index contributed by atoms with van der Waals surface area (Å²) in [6.07, 6.45) is -0.608. The molecular formula is C13H19NO3. The number of carbonyl (C=O) groups excluding carboxylic acids is 1. The first-order valence-electron chi connectivity index (χ1n) is 5.56. The Hall–Kier alpha value is -1.55. The number of hydrogen-bond donors (Lipinski definition) is 3. The lowest BCUT2D eigenvalue weighted by atomic mass is 9.89. The molecule has 17 heavy (non-hydrogen) atoms. The Morgan fingerprint density at radius 1 is 1.41 bits per heavy atom. The Kier molecular flexibility index (Phi) is 4.12. The van der Waals surface area contributed by atoms with Gasteiger partial charge in [0.25, 0.3) is 5.91 Å². The van der Waals surface area contributed by atoms with Crippen LogP contribution in [0, 0.1) is 5.41 Å². The lowest BCUT2D eigenvalue weighted by Crippen LogP contribution is -2.39. The minimum absolute atomic E-state index is 0.0500. The van der Waals surface area contributed by atoms with E-state index in [1.54, 1.807) is 12.1 Å². The molecule has 3 N–H and O–H groups in total. The summed E-state index contributed by atoms with van der Waals surface area (Å²) in [6, 6.07) is 6.10. The van der Waals surface area contributed by atoms with Crippen LogP contribution in [0.4, 0.5) is 0 Å². The molecule has 0 bridgehead atoms. The quantitative estimate of drug-likeness (QED) is 0.746. The van der Waals surface area contributed by atoms with Gasteiger partial charge in [0.05, 0.1) is 6.10 Å². The standard InChI is InChI=1S/C13H19NO3/c1-13(2,3)11(16)8-14-12(17)9-5-4-6-10(15)7-9/h4-7,11,15-16H,8H2,1-3H3,(H,14,17). The van der Waals surface area contributed by atoms with E-state index in [0.29, 0.717) is 5.56 Å². The molecule has 1 atom stereocenters. The molecule has 94 valence electrons. The van der Waals surface area contributed by atoms with Gasteiger partial charge in [-0.15, -0.1) is 0 Å². The molecule has 0 spiro atoms. The number of nitrogens with one attached hydrogen (secondary N) is 1. The first-order valence-corrected chi connectivity index (χ1v) is 5.56. The van der Waals surface area contributed by atoms with Gasteiger partial charge in [-0.25, -0.2) is 0 Å². The van der Waals surface area contributed by atoms with Gasteiger partial charge in [-0.2, -0.15) is 0 Å². The van der Waals surface area contributed by atoms with E-state index in [9.17, 15) is 15.0 Å². The second-order valence-electron chi connectivity index (χ2n) is 5.14. The second-order valence-corrected chi connectivity index (χ2v) is 5.14. The number of phenolic OH excluding ortho intramolecular Hbond substituents is 1. The Labute approximate surface area is 101 Å². The number of aromatic hydroxyl groups is 1. The van der Waals surface area contributed by atoms with Crippen LogP contribution >= 0.6 is 0 Å². The summed E-state index contributed by atoms with van der Waals surface area (Å²) < 4.78 is 0. The van der Waals surface area contributed by atoms with Crippen LogP contribution in [-0.2, 0) is 0 Å². The molecule has 0 saturated carbocycles. The molecule has 0 fully saturated rings. The van der Waals surface area contributed by atoms with Crippen LogP contribution in [0.25, 0.3) is 0 Å². The van der Waals surface area contributed by atoms with Crippen LogP contribution in [0.3, 0.4) is 0 Å². The van der Waals surface area contributed by atoms with Crippen LogP contribution in [-0.4, -0.2) is 28.8 Å². The van der Waals surface area contributed by atoms with E-state index in [0.717, 1.165) is 0 Å². The van der Waals surface area contributed by atoms with E-state index in [1.807, 2.05) is 20.8 Å². The highest BCUT2D eigenvalue weighted by Crippen LogP contribution is 2.18. The lowest BCUT2D eigenvalue weighted by molar-refractivity contribution is 0.0587. The van der Waals surface area contributed by atoms with Crippen LogP contribution in [0.5, 0.6) is 5.75 Å². The number of aliphatic hydroxyl groups is 1. The molecule has 4 nitrogen and oxygen atoms in total. The predicted molar refractivity (Wildman–Crippen MR) is 65.9 cm³/mol. The zero-order valence-electron chi connectivity index (χ0n) is 10.4. The van der Waals surface area contributed by atoms with E-state index < -0.39 is 6.10 Å². The van der Waals surface area contributed by atoms with Crippen LogP contribution in [0.15, 0.2) is 24.3 Å². The number of hydrogen-bond acceptors (Lipinski definition) is 3. The van der Waals surface area contributed by atoms with Crippen molar-refractivity contribution in [3.8, 4) is 5.75 Å². The third-order valence-electron chi connectivity index (χ3n) is 2.56. The number of carbonyl (C=O) groups is 1. The highest BCUT2D eigenvalue weighted by Gasteiger charge is 2.22. The molecule has 0 aliphatic heterocycles. The summed E-state index contributed by atoms with van der Waals surface area (Å²) >= 11 is 0. The highest BCUT2D eigenvalue weighted by atomic mass is 16.3. The fraction of sp³-hybridized carbons (Fsp3) is 0.462. The molecule has 1 aromatic carbocycles. The van der Waals surface area contributed by atoms with Crippen LogP contribution < -0.4 is 5.32 Å². The number of benzene rings is 1. The van der Waals surface area contributed by atoms with Gasteiger partial charge in [0.1, 0.15) is 5.75 Å². The number of phenols is 1. The molecule has 1 unspecified atom stereocenters. The van der Waals surface area contributed by atoms with E-state index in [4.69, 9.17) is 0 Å². The number of amides is 1. The van der Waals surface area contributed by atoms with Crippen molar-refractivity contribution in [1.29, 1.82) is 0 Å². The van der Waals surface area contributed by atoms with E-state index in [-0.39, 0.29) is 23.6 Å². The van der Waals surface area contributed by atoms with Crippen molar-refractivity contribution >= 4 is 5.91 Å². The van der Waals surface area contributed by atoms with Crippen molar-refractivity contribution in [1.82, 2.24) is 5.32 Å². The van der Waals surface area contributed by atoms with E-state index >= 15 is 0 Å². The molecule has 0 aliphatic carbocycles. The average Bonchev–Trinajstić information content (AvgIpc) is 2.24. The summed E-state index contributed by atoms with van der Waals surface area (Å²) in [5.74, 6) is -0.252. The van der Waals surface area contributed by atoms with Gasteiger partial charge in [0.15, 0.2) is 0 Å². The van der Waals surface area contributed by atoms with E-state index in [1.165, 1.54) is 12.1 Å². The summed E-state index contributed by atoms with van der Waals surface area (Å²) in [6.45, 7) is 5.90. The van der Waals surface area contributed by atoms with Crippen LogP contribution in [0.2, 0.25) is 0 Å². The maximum Gasteiger partial charge on any atom is 0.251 e. The van der Waals surface area contributed by atoms with Crippen molar-refractivity contribution < 1.29 is 15.0 Å². The van der Waals surface area contributed by atoms with Gasteiger partial charge < -0.3 is 15.5 Å². The largest absolute Gasteiger partial charge is 0.508 e. The molecule has 0 aliphatic rings.